The molecular formula is C16H24N2O4S. The predicted molar refractivity (Wildman–Crippen MR) is 88.6 cm³/mol. The Labute approximate surface area is 137 Å². The summed E-state index contributed by atoms with van der Waals surface area (Å²) in [5.74, 6) is -0.146. The quantitative estimate of drug-likeness (QED) is 0.731. The maximum absolute atomic E-state index is 12.2. The standard InChI is InChI=1S/C16H24N2O4S/c1-17-16(20)9-14-10-18(11-15(14)19)7-8-23(21,22)12-13-5-3-2-4-6-13/h2-6,14-15,19H,7-12H2,1H3,(H,17,20)/t14-,15-/m1/s1. The van der Waals surface area contributed by atoms with E-state index >= 15 is 0 Å². The molecule has 1 aromatic carbocycles. The number of likely N-dealkylation sites (tertiary alicyclic amines) is 1. The van der Waals surface area contributed by atoms with Crippen LogP contribution in [0.3, 0.4) is 0 Å². The topological polar surface area (TPSA) is 86.7 Å². The molecule has 23 heavy (non-hydrogen) atoms. The number of sulfone groups is 1. The van der Waals surface area contributed by atoms with Gasteiger partial charge < -0.3 is 10.4 Å². The molecule has 2 N–H and O–H groups in total. The fraction of sp³-hybridized carbons (Fsp3) is 0.562. The fourth-order valence-electron chi connectivity index (χ4n) is 2.83. The van der Waals surface area contributed by atoms with Gasteiger partial charge in [-0.1, -0.05) is 30.3 Å². The van der Waals surface area contributed by atoms with E-state index in [-0.39, 0.29) is 29.8 Å². The number of aliphatic hydroxyl groups excluding tert-OH is 1. The summed E-state index contributed by atoms with van der Waals surface area (Å²) in [6, 6.07) is 9.11. The summed E-state index contributed by atoms with van der Waals surface area (Å²) in [5.41, 5.74) is 0.784. The Kier molecular flexibility index (Phi) is 6.15. The van der Waals surface area contributed by atoms with Crippen LogP contribution in [0.25, 0.3) is 0 Å². The number of nitrogens with zero attached hydrogens (tertiary/aromatic N) is 1. The first-order valence-corrected chi connectivity index (χ1v) is 9.57. The van der Waals surface area contributed by atoms with Crippen LogP contribution in [0.4, 0.5) is 0 Å². The maximum Gasteiger partial charge on any atom is 0.220 e. The van der Waals surface area contributed by atoms with Crippen molar-refractivity contribution in [3.63, 3.8) is 0 Å². The van der Waals surface area contributed by atoms with E-state index < -0.39 is 15.9 Å². The fourth-order valence-corrected chi connectivity index (χ4v) is 4.21. The average molecular weight is 340 g/mol. The van der Waals surface area contributed by atoms with Crippen molar-refractivity contribution in [2.24, 2.45) is 5.92 Å². The zero-order valence-electron chi connectivity index (χ0n) is 13.3. The third kappa shape index (κ3) is 5.60. The molecule has 1 heterocycles. The highest BCUT2D eigenvalue weighted by atomic mass is 32.2. The van der Waals surface area contributed by atoms with Gasteiger partial charge in [-0.25, -0.2) is 8.42 Å². The largest absolute Gasteiger partial charge is 0.391 e. The molecule has 7 heteroatoms. The molecule has 0 bridgehead atoms. The van der Waals surface area contributed by atoms with Gasteiger partial charge in [-0.2, -0.15) is 0 Å². The summed E-state index contributed by atoms with van der Waals surface area (Å²) in [6.07, 6.45) is -0.311. The molecule has 0 saturated carbocycles. The number of benzene rings is 1. The molecule has 2 atom stereocenters. The SMILES string of the molecule is CNC(=O)C[C@@H]1CN(CCS(=O)(=O)Cc2ccccc2)C[C@H]1O. The van der Waals surface area contributed by atoms with Gasteiger partial charge in [0.25, 0.3) is 0 Å². The highest BCUT2D eigenvalue weighted by molar-refractivity contribution is 7.90. The van der Waals surface area contributed by atoms with E-state index in [0.29, 0.717) is 19.6 Å². The van der Waals surface area contributed by atoms with Crippen LogP contribution in [-0.4, -0.2) is 62.9 Å². The van der Waals surface area contributed by atoms with Gasteiger partial charge in [0, 0.05) is 39.0 Å². The number of β-amino-alcohol motifs (C(OH)–C–C–N with tert-alkyl or cyclic N) is 1. The summed E-state index contributed by atoms with van der Waals surface area (Å²) < 4.78 is 24.4. The molecule has 0 unspecified atom stereocenters. The summed E-state index contributed by atoms with van der Waals surface area (Å²) in [6.45, 7) is 1.36. The van der Waals surface area contributed by atoms with Gasteiger partial charge in [0.1, 0.15) is 0 Å². The van der Waals surface area contributed by atoms with Crippen LogP contribution in [0.2, 0.25) is 0 Å². The Bertz CT molecular complexity index is 618. The average Bonchev–Trinajstić information content (AvgIpc) is 2.86. The molecule has 1 aliphatic heterocycles. The van der Waals surface area contributed by atoms with Crippen molar-refractivity contribution in [2.75, 3.05) is 32.4 Å². The van der Waals surface area contributed by atoms with Crippen molar-refractivity contribution in [1.82, 2.24) is 10.2 Å². The third-order valence-corrected chi connectivity index (χ3v) is 5.73. The number of nitrogens with one attached hydrogen (secondary N) is 1. The van der Waals surface area contributed by atoms with Gasteiger partial charge in [-0.15, -0.1) is 0 Å². The summed E-state index contributed by atoms with van der Waals surface area (Å²) in [7, 11) is -1.62. The Morgan fingerprint density at radius 3 is 2.65 bits per heavy atom. The van der Waals surface area contributed by atoms with Crippen LogP contribution < -0.4 is 5.32 Å². The molecule has 0 aromatic heterocycles. The van der Waals surface area contributed by atoms with E-state index in [1.807, 2.05) is 23.1 Å². The van der Waals surface area contributed by atoms with Crippen LogP contribution in [0.15, 0.2) is 30.3 Å². The van der Waals surface area contributed by atoms with Crippen LogP contribution in [-0.2, 0) is 20.4 Å². The number of rotatable bonds is 7. The summed E-state index contributed by atoms with van der Waals surface area (Å²) >= 11 is 0. The van der Waals surface area contributed by atoms with E-state index in [1.54, 1.807) is 19.2 Å². The molecule has 2 rings (SSSR count). The van der Waals surface area contributed by atoms with E-state index in [9.17, 15) is 18.3 Å². The number of amides is 1. The predicted octanol–water partition coefficient (Wildman–Crippen LogP) is 0.0302. The molecule has 128 valence electrons. The van der Waals surface area contributed by atoms with Gasteiger partial charge in [-0.05, 0) is 5.56 Å². The summed E-state index contributed by atoms with van der Waals surface area (Å²) in [4.78, 5) is 13.3. The molecule has 1 aliphatic rings. The zero-order valence-corrected chi connectivity index (χ0v) is 14.1. The van der Waals surface area contributed by atoms with Gasteiger partial charge in [-0.3, -0.25) is 9.69 Å². The highest BCUT2D eigenvalue weighted by Crippen LogP contribution is 2.20. The second-order valence-corrected chi connectivity index (χ2v) is 8.23. The number of hydrogen-bond donors (Lipinski definition) is 2. The van der Waals surface area contributed by atoms with Gasteiger partial charge >= 0.3 is 0 Å². The number of aliphatic hydroxyl groups is 1. The highest BCUT2D eigenvalue weighted by Gasteiger charge is 2.32. The van der Waals surface area contributed by atoms with Crippen molar-refractivity contribution in [3.8, 4) is 0 Å². The van der Waals surface area contributed by atoms with E-state index in [0.717, 1.165) is 5.56 Å². The van der Waals surface area contributed by atoms with E-state index in [4.69, 9.17) is 0 Å². The zero-order chi connectivity index (χ0) is 16.9. The lowest BCUT2D eigenvalue weighted by Crippen LogP contribution is -2.29. The lowest BCUT2D eigenvalue weighted by Gasteiger charge is -2.15. The number of hydrogen-bond acceptors (Lipinski definition) is 5. The van der Waals surface area contributed by atoms with Crippen molar-refractivity contribution >= 4 is 15.7 Å². The molecule has 1 amide bonds. The lowest BCUT2D eigenvalue weighted by molar-refractivity contribution is -0.122. The molecule has 1 saturated heterocycles. The Morgan fingerprint density at radius 2 is 2.00 bits per heavy atom. The van der Waals surface area contributed by atoms with Gasteiger partial charge in [0.2, 0.25) is 5.91 Å². The van der Waals surface area contributed by atoms with E-state index in [2.05, 4.69) is 5.32 Å². The first-order valence-electron chi connectivity index (χ1n) is 7.75. The van der Waals surface area contributed by atoms with Crippen molar-refractivity contribution in [2.45, 2.75) is 18.3 Å². The van der Waals surface area contributed by atoms with E-state index in [1.165, 1.54) is 0 Å². The number of carbonyl (C=O) groups excluding carboxylic acids is 1. The first-order chi connectivity index (χ1) is 10.9. The molecule has 6 nitrogen and oxygen atoms in total. The molecule has 0 aliphatic carbocycles. The Hall–Kier alpha value is -1.44. The van der Waals surface area contributed by atoms with Crippen LogP contribution in [0, 0.1) is 5.92 Å². The van der Waals surface area contributed by atoms with Crippen LogP contribution >= 0.6 is 0 Å². The number of carbonyl (C=O) groups is 1. The second kappa shape index (κ2) is 7.90. The lowest BCUT2D eigenvalue weighted by atomic mass is 10.0. The molecule has 1 aromatic rings. The van der Waals surface area contributed by atoms with Crippen LogP contribution in [0.5, 0.6) is 0 Å². The second-order valence-electron chi connectivity index (χ2n) is 6.04. The first kappa shape index (κ1) is 17.9. The van der Waals surface area contributed by atoms with Crippen molar-refractivity contribution in [1.29, 1.82) is 0 Å². The van der Waals surface area contributed by atoms with Crippen LogP contribution in [0.1, 0.15) is 12.0 Å². The van der Waals surface area contributed by atoms with Crippen molar-refractivity contribution < 1.29 is 18.3 Å². The van der Waals surface area contributed by atoms with Gasteiger partial charge in [0.15, 0.2) is 9.84 Å². The third-order valence-electron chi connectivity index (χ3n) is 4.16. The molecular weight excluding hydrogens is 316 g/mol. The minimum absolute atomic E-state index is 0.0336. The van der Waals surface area contributed by atoms with Crippen molar-refractivity contribution in [3.05, 3.63) is 35.9 Å². The van der Waals surface area contributed by atoms with Gasteiger partial charge in [0.05, 0.1) is 17.6 Å². The minimum Gasteiger partial charge on any atom is -0.391 e. The minimum atomic E-state index is -3.19. The molecule has 1 fully saturated rings. The molecule has 0 radical (unpaired) electrons. The maximum atomic E-state index is 12.2. The Balaban J connectivity index is 1.83. The molecule has 0 spiro atoms. The Morgan fingerprint density at radius 1 is 1.30 bits per heavy atom. The smallest absolute Gasteiger partial charge is 0.220 e. The normalized spacial score (nSPS) is 22.2. The monoisotopic (exact) mass is 340 g/mol. The summed E-state index contributed by atoms with van der Waals surface area (Å²) in [5, 5.41) is 12.5.